The van der Waals surface area contributed by atoms with Gasteiger partial charge in [-0.25, -0.2) is 4.98 Å². The summed E-state index contributed by atoms with van der Waals surface area (Å²) in [6, 6.07) is 23.9. The maximum Gasteiger partial charge on any atom is 0.126 e. The van der Waals surface area contributed by atoms with Gasteiger partial charge in [0.2, 0.25) is 0 Å². The van der Waals surface area contributed by atoms with Crippen LogP contribution in [-0.2, 0) is 17.3 Å². The molecular formula is C28H27N3O3S. The number of methoxy groups -OCH3 is 1. The van der Waals surface area contributed by atoms with Crippen molar-refractivity contribution in [3.8, 4) is 33.9 Å². The number of aromatic nitrogens is 2. The van der Waals surface area contributed by atoms with E-state index in [9.17, 15) is 4.21 Å². The molecule has 1 unspecified atom stereocenters. The second-order valence-corrected chi connectivity index (χ2v) is 9.90. The van der Waals surface area contributed by atoms with Crippen LogP contribution in [0.2, 0.25) is 0 Å². The van der Waals surface area contributed by atoms with Crippen LogP contribution in [0.15, 0.2) is 90.2 Å². The minimum atomic E-state index is -1.07. The Balaban J connectivity index is 1.10. The number of benzene rings is 2. The lowest BCUT2D eigenvalue weighted by molar-refractivity contribution is 0.0145. The Morgan fingerprint density at radius 2 is 1.51 bits per heavy atom. The molecule has 0 N–H and O–H groups in total. The standard InChI is InChI=1S/C28H27N3O3S/c1-33-24-9-6-22(7-10-24)27-13-3-20(15-29-27)17-31-18-26(19-31)34-25-11-4-21(5-12-25)23-8-14-28(30-16-23)35(2)32/h3-16,26H,17-19H2,1-2H3. The van der Waals surface area contributed by atoms with Crippen molar-refractivity contribution in [2.75, 3.05) is 26.5 Å². The smallest absolute Gasteiger partial charge is 0.126 e. The molecule has 2 aromatic carbocycles. The fourth-order valence-electron chi connectivity index (χ4n) is 4.07. The summed E-state index contributed by atoms with van der Waals surface area (Å²) in [6.45, 7) is 2.64. The number of rotatable bonds is 8. The van der Waals surface area contributed by atoms with Crippen molar-refractivity contribution in [2.24, 2.45) is 0 Å². The molecule has 0 amide bonds. The van der Waals surface area contributed by atoms with Crippen LogP contribution >= 0.6 is 0 Å². The second-order valence-electron chi connectivity index (χ2n) is 8.58. The van der Waals surface area contributed by atoms with E-state index >= 15 is 0 Å². The number of hydrogen-bond donors (Lipinski definition) is 0. The fourth-order valence-corrected chi connectivity index (χ4v) is 4.54. The van der Waals surface area contributed by atoms with Crippen molar-refractivity contribution >= 4 is 10.8 Å². The molecule has 0 radical (unpaired) electrons. The molecule has 0 spiro atoms. The first-order valence-electron chi connectivity index (χ1n) is 11.5. The predicted molar refractivity (Wildman–Crippen MR) is 138 cm³/mol. The molecule has 0 saturated carbocycles. The highest BCUT2D eigenvalue weighted by atomic mass is 32.2. The van der Waals surface area contributed by atoms with Crippen LogP contribution in [0, 0.1) is 0 Å². The summed E-state index contributed by atoms with van der Waals surface area (Å²) >= 11 is 0. The first kappa shape index (κ1) is 23.2. The van der Waals surface area contributed by atoms with Crippen molar-refractivity contribution in [2.45, 2.75) is 17.7 Å². The van der Waals surface area contributed by atoms with Crippen molar-refractivity contribution in [3.05, 3.63) is 90.8 Å². The lowest BCUT2D eigenvalue weighted by atomic mass is 10.1. The molecular weight excluding hydrogens is 458 g/mol. The van der Waals surface area contributed by atoms with E-state index in [4.69, 9.17) is 9.47 Å². The topological polar surface area (TPSA) is 64.6 Å². The van der Waals surface area contributed by atoms with E-state index in [1.807, 2.05) is 60.8 Å². The monoisotopic (exact) mass is 485 g/mol. The Hall–Kier alpha value is -3.55. The molecule has 3 heterocycles. The van der Waals surface area contributed by atoms with Gasteiger partial charge in [-0.15, -0.1) is 0 Å². The lowest BCUT2D eigenvalue weighted by Gasteiger charge is -2.39. The first-order chi connectivity index (χ1) is 17.1. The zero-order chi connectivity index (χ0) is 24.2. The Kier molecular flexibility index (Phi) is 6.88. The van der Waals surface area contributed by atoms with E-state index in [1.165, 1.54) is 5.56 Å². The lowest BCUT2D eigenvalue weighted by Crippen LogP contribution is -2.53. The number of ether oxygens (including phenoxy) is 2. The molecule has 1 saturated heterocycles. The average Bonchev–Trinajstić information content (AvgIpc) is 2.88. The normalized spacial score (nSPS) is 14.8. The highest BCUT2D eigenvalue weighted by Crippen LogP contribution is 2.25. The van der Waals surface area contributed by atoms with Gasteiger partial charge in [0.1, 0.15) is 22.6 Å². The molecule has 1 aliphatic heterocycles. The van der Waals surface area contributed by atoms with Crippen LogP contribution in [0.4, 0.5) is 0 Å². The number of likely N-dealkylation sites (tertiary alicyclic amines) is 1. The molecule has 4 aromatic rings. The maximum absolute atomic E-state index is 11.5. The summed E-state index contributed by atoms with van der Waals surface area (Å²) in [5.74, 6) is 1.71. The summed E-state index contributed by atoms with van der Waals surface area (Å²) in [7, 11) is 0.600. The van der Waals surface area contributed by atoms with Gasteiger partial charge in [0.05, 0.1) is 23.6 Å². The van der Waals surface area contributed by atoms with E-state index < -0.39 is 10.8 Å². The summed E-state index contributed by atoms with van der Waals surface area (Å²) in [4.78, 5) is 11.3. The van der Waals surface area contributed by atoms with Gasteiger partial charge in [-0.3, -0.25) is 14.1 Å². The van der Waals surface area contributed by atoms with Crippen molar-refractivity contribution in [1.29, 1.82) is 0 Å². The van der Waals surface area contributed by atoms with Gasteiger partial charge in [0, 0.05) is 49.4 Å². The molecule has 35 heavy (non-hydrogen) atoms. The predicted octanol–water partition coefficient (Wildman–Crippen LogP) is 4.82. The van der Waals surface area contributed by atoms with E-state index in [0.717, 1.165) is 53.5 Å². The summed E-state index contributed by atoms with van der Waals surface area (Å²) in [6.07, 6.45) is 5.53. The zero-order valence-electron chi connectivity index (χ0n) is 19.8. The van der Waals surface area contributed by atoms with E-state index in [1.54, 1.807) is 25.6 Å². The van der Waals surface area contributed by atoms with Gasteiger partial charge in [0.25, 0.3) is 0 Å². The van der Waals surface area contributed by atoms with Gasteiger partial charge in [-0.2, -0.15) is 0 Å². The largest absolute Gasteiger partial charge is 0.497 e. The van der Waals surface area contributed by atoms with E-state index in [-0.39, 0.29) is 6.10 Å². The van der Waals surface area contributed by atoms with Crippen molar-refractivity contribution in [1.82, 2.24) is 14.9 Å². The maximum atomic E-state index is 11.5. The van der Waals surface area contributed by atoms with E-state index in [0.29, 0.717) is 5.03 Å². The Morgan fingerprint density at radius 1 is 0.829 bits per heavy atom. The van der Waals surface area contributed by atoms with Gasteiger partial charge in [0.15, 0.2) is 0 Å². The highest BCUT2D eigenvalue weighted by Gasteiger charge is 2.28. The Morgan fingerprint density at radius 3 is 2.11 bits per heavy atom. The molecule has 0 aliphatic carbocycles. The molecule has 1 atom stereocenters. The molecule has 7 heteroatoms. The summed E-state index contributed by atoms with van der Waals surface area (Å²) in [5, 5.41) is 0.590. The van der Waals surface area contributed by atoms with Gasteiger partial charge >= 0.3 is 0 Å². The average molecular weight is 486 g/mol. The third-order valence-corrected chi connectivity index (χ3v) is 6.89. The third-order valence-electron chi connectivity index (χ3n) is 6.06. The van der Waals surface area contributed by atoms with Crippen LogP contribution in [0.3, 0.4) is 0 Å². The second kappa shape index (κ2) is 10.4. The molecule has 0 bridgehead atoms. The minimum Gasteiger partial charge on any atom is -0.497 e. The SMILES string of the molecule is COc1ccc(-c2ccc(CN3CC(Oc4ccc(-c5ccc(S(C)=O)nc5)cc4)C3)cn2)cc1. The Labute approximate surface area is 208 Å². The van der Waals surface area contributed by atoms with Crippen LogP contribution in [-0.4, -0.2) is 51.6 Å². The van der Waals surface area contributed by atoms with E-state index in [2.05, 4.69) is 27.0 Å². The number of hydrogen-bond acceptors (Lipinski definition) is 6. The van der Waals surface area contributed by atoms with Gasteiger partial charge in [-0.05, 0) is 59.7 Å². The molecule has 1 fully saturated rings. The molecule has 178 valence electrons. The fraction of sp³-hybridized carbons (Fsp3) is 0.214. The van der Waals surface area contributed by atoms with Crippen molar-refractivity contribution < 1.29 is 13.7 Å². The van der Waals surface area contributed by atoms with Gasteiger partial charge < -0.3 is 9.47 Å². The molecule has 1 aliphatic rings. The van der Waals surface area contributed by atoms with Crippen LogP contribution in [0.5, 0.6) is 11.5 Å². The molecule has 5 rings (SSSR count). The molecule has 2 aromatic heterocycles. The summed E-state index contributed by atoms with van der Waals surface area (Å²) in [5.41, 5.74) is 5.27. The highest BCUT2D eigenvalue weighted by molar-refractivity contribution is 7.84. The summed E-state index contributed by atoms with van der Waals surface area (Å²) < 4.78 is 22.9. The number of nitrogens with zero attached hydrogens (tertiary/aromatic N) is 3. The first-order valence-corrected chi connectivity index (χ1v) is 13.0. The third kappa shape index (κ3) is 5.58. The zero-order valence-corrected chi connectivity index (χ0v) is 20.6. The van der Waals surface area contributed by atoms with Crippen LogP contribution in [0.25, 0.3) is 22.4 Å². The molecule has 6 nitrogen and oxygen atoms in total. The quantitative estimate of drug-likeness (QED) is 0.357. The van der Waals surface area contributed by atoms with Gasteiger partial charge in [-0.1, -0.05) is 24.3 Å². The van der Waals surface area contributed by atoms with Crippen LogP contribution < -0.4 is 9.47 Å². The number of pyridine rings is 2. The van der Waals surface area contributed by atoms with Crippen molar-refractivity contribution in [3.63, 3.8) is 0 Å². The van der Waals surface area contributed by atoms with Crippen LogP contribution in [0.1, 0.15) is 5.56 Å². The Bertz CT molecular complexity index is 1290. The minimum absolute atomic E-state index is 0.188.